The monoisotopic (exact) mass is 407 g/mol. The van der Waals surface area contributed by atoms with Crippen molar-refractivity contribution in [1.82, 2.24) is 24.9 Å². The second-order valence-electron chi connectivity index (χ2n) is 5.37. The van der Waals surface area contributed by atoms with E-state index in [1.165, 1.54) is 9.36 Å². The van der Waals surface area contributed by atoms with Gasteiger partial charge in [0.25, 0.3) is 5.91 Å². The molecule has 0 aliphatic carbocycles. The third-order valence-electron chi connectivity index (χ3n) is 3.47. The first-order chi connectivity index (χ1) is 11.1. The Balaban J connectivity index is 1.89. The molecule has 0 aliphatic heterocycles. The molecule has 0 unspecified atom stereocenters. The van der Waals surface area contributed by atoms with Crippen molar-refractivity contribution in [1.29, 1.82) is 0 Å². The van der Waals surface area contributed by atoms with E-state index in [9.17, 15) is 18.0 Å². The van der Waals surface area contributed by atoms with E-state index in [-0.39, 0.29) is 12.5 Å². The minimum atomic E-state index is -4.45. The van der Waals surface area contributed by atoms with Gasteiger partial charge < -0.3 is 5.32 Å². The average molecular weight is 408 g/mol. The molecule has 0 spiro atoms. The molecule has 1 amide bonds. The Morgan fingerprint density at radius 3 is 2.50 bits per heavy atom. The molecule has 2 heterocycles. The lowest BCUT2D eigenvalue weighted by Gasteiger charge is -2.07. The van der Waals surface area contributed by atoms with Crippen LogP contribution in [0.4, 0.5) is 13.2 Å². The van der Waals surface area contributed by atoms with Crippen LogP contribution in [0.2, 0.25) is 0 Å². The van der Waals surface area contributed by atoms with Gasteiger partial charge in [-0.15, -0.1) is 0 Å². The highest BCUT2D eigenvalue weighted by Gasteiger charge is 2.34. The largest absolute Gasteiger partial charge is 0.435 e. The number of alkyl halides is 3. The number of aryl methyl sites for hydroxylation is 4. The number of aromatic nitrogens is 4. The summed E-state index contributed by atoms with van der Waals surface area (Å²) >= 11 is 3.31. The van der Waals surface area contributed by atoms with Crippen molar-refractivity contribution in [3.05, 3.63) is 33.3 Å². The molecule has 0 radical (unpaired) electrons. The van der Waals surface area contributed by atoms with Crippen LogP contribution in [-0.2, 0) is 19.8 Å². The van der Waals surface area contributed by atoms with Crippen LogP contribution < -0.4 is 5.32 Å². The van der Waals surface area contributed by atoms with Gasteiger partial charge in [-0.3, -0.25) is 14.2 Å². The SMILES string of the molecule is Cc1nn(C)c(C(=O)NCCCn2nc(C(F)(F)F)cc2C)c1Br. The molecular weight excluding hydrogens is 391 g/mol. The quantitative estimate of drug-likeness (QED) is 0.774. The van der Waals surface area contributed by atoms with Gasteiger partial charge in [-0.2, -0.15) is 23.4 Å². The van der Waals surface area contributed by atoms with E-state index in [4.69, 9.17) is 0 Å². The lowest BCUT2D eigenvalue weighted by molar-refractivity contribution is -0.141. The highest BCUT2D eigenvalue weighted by Crippen LogP contribution is 2.28. The van der Waals surface area contributed by atoms with Gasteiger partial charge in [0.15, 0.2) is 5.69 Å². The zero-order valence-corrected chi connectivity index (χ0v) is 15.0. The third kappa shape index (κ3) is 3.97. The van der Waals surface area contributed by atoms with Gasteiger partial charge in [0.1, 0.15) is 5.69 Å². The van der Waals surface area contributed by atoms with Gasteiger partial charge in [0.2, 0.25) is 0 Å². The molecule has 2 aromatic heterocycles. The number of hydrogen-bond donors (Lipinski definition) is 1. The van der Waals surface area contributed by atoms with Gasteiger partial charge in [-0.25, -0.2) is 0 Å². The van der Waals surface area contributed by atoms with Crippen molar-refractivity contribution in [2.45, 2.75) is 33.0 Å². The number of nitrogens with zero attached hydrogens (tertiary/aromatic N) is 4. The number of nitrogens with one attached hydrogen (secondary N) is 1. The lowest BCUT2D eigenvalue weighted by atomic mass is 10.3. The minimum Gasteiger partial charge on any atom is -0.351 e. The Morgan fingerprint density at radius 1 is 1.33 bits per heavy atom. The highest BCUT2D eigenvalue weighted by molar-refractivity contribution is 9.10. The summed E-state index contributed by atoms with van der Waals surface area (Å²) in [7, 11) is 1.67. The maximum atomic E-state index is 12.6. The van der Waals surface area contributed by atoms with Crippen molar-refractivity contribution in [3.8, 4) is 0 Å². The molecule has 1 N–H and O–H groups in total. The predicted molar refractivity (Wildman–Crippen MR) is 84.6 cm³/mol. The van der Waals surface area contributed by atoms with E-state index < -0.39 is 11.9 Å². The van der Waals surface area contributed by atoms with Crippen molar-refractivity contribution >= 4 is 21.8 Å². The van der Waals surface area contributed by atoms with Crippen molar-refractivity contribution in [2.75, 3.05) is 6.54 Å². The van der Waals surface area contributed by atoms with Crippen LogP contribution in [0, 0.1) is 13.8 Å². The molecule has 24 heavy (non-hydrogen) atoms. The Labute approximate surface area is 145 Å². The summed E-state index contributed by atoms with van der Waals surface area (Å²) in [4.78, 5) is 12.1. The van der Waals surface area contributed by atoms with E-state index in [0.717, 1.165) is 6.07 Å². The topological polar surface area (TPSA) is 64.7 Å². The van der Waals surface area contributed by atoms with Crippen LogP contribution in [0.1, 0.15) is 34.0 Å². The second kappa shape index (κ2) is 6.96. The number of carbonyl (C=O) groups is 1. The normalized spacial score (nSPS) is 11.8. The molecule has 0 bridgehead atoms. The van der Waals surface area contributed by atoms with Crippen LogP contribution in [0.15, 0.2) is 10.5 Å². The standard InChI is InChI=1S/C14H17BrF3N5O/c1-8-7-10(14(16,17)18)21-23(8)6-4-5-19-13(24)12-11(15)9(2)20-22(12)3/h7H,4-6H2,1-3H3,(H,19,24). The molecule has 0 atom stereocenters. The highest BCUT2D eigenvalue weighted by atomic mass is 79.9. The van der Waals surface area contributed by atoms with Crippen LogP contribution in [0.3, 0.4) is 0 Å². The summed E-state index contributed by atoms with van der Waals surface area (Å²) in [6.07, 6.45) is -3.99. The molecule has 0 aliphatic rings. The Morgan fingerprint density at radius 2 is 2.00 bits per heavy atom. The lowest BCUT2D eigenvalue weighted by Crippen LogP contribution is -2.27. The third-order valence-corrected chi connectivity index (χ3v) is 4.42. The first kappa shape index (κ1) is 18.5. The molecule has 6 nitrogen and oxygen atoms in total. The molecule has 2 aromatic rings. The van der Waals surface area contributed by atoms with E-state index in [2.05, 4.69) is 31.4 Å². The van der Waals surface area contributed by atoms with Gasteiger partial charge in [-0.1, -0.05) is 0 Å². The number of rotatable bonds is 5. The van der Waals surface area contributed by atoms with E-state index in [1.54, 1.807) is 20.9 Å². The van der Waals surface area contributed by atoms with Crippen molar-refractivity contribution < 1.29 is 18.0 Å². The average Bonchev–Trinajstić information content (AvgIpc) is 2.95. The van der Waals surface area contributed by atoms with Gasteiger partial charge in [0.05, 0.1) is 10.2 Å². The number of hydrogen-bond acceptors (Lipinski definition) is 3. The smallest absolute Gasteiger partial charge is 0.351 e. The number of amides is 1. The molecule has 2 rings (SSSR count). The molecular formula is C14H17BrF3N5O. The first-order valence-electron chi connectivity index (χ1n) is 7.20. The fraction of sp³-hybridized carbons (Fsp3) is 0.500. The van der Waals surface area contributed by atoms with Gasteiger partial charge in [0, 0.05) is 25.8 Å². The van der Waals surface area contributed by atoms with E-state index in [1.807, 2.05) is 0 Å². The molecule has 0 fully saturated rings. The molecule has 10 heteroatoms. The first-order valence-corrected chi connectivity index (χ1v) is 7.99. The summed E-state index contributed by atoms with van der Waals surface area (Å²) in [5.74, 6) is -0.293. The van der Waals surface area contributed by atoms with Crippen LogP contribution in [-0.4, -0.2) is 32.0 Å². The Bertz CT molecular complexity index is 750. The fourth-order valence-corrected chi connectivity index (χ4v) is 2.78. The summed E-state index contributed by atoms with van der Waals surface area (Å²) in [6.45, 7) is 3.94. The molecule has 0 saturated heterocycles. The zero-order chi connectivity index (χ0) is 18.1. The zero-order valence-electron chi connectivity index (χ0n) is 13.4. The summed E-state index contributed by atoms with van der Waals surface area (Å²) in [5.41, 5.74) is 0.633. The van der Waals surface area contributed by atoms with Crippen LogP contribution in [0.25, 0.3) is 0 Å². The Kier molecular flexibility index (Phi) is 5.36. The number of halogens is 4. The predicted octanol–water partition coefficient (Wildman–Crippen LogP) is 2.83. The minimum absolute atomic E-state index is 0.285. The maximum Gasteiger partial charge on any atom is 0.435 e. The fourth-order valence-electron chi connectivity index (χ4n) is 2.27. The molecule has 0 aromatic carbocycles. The van der Waals surface area contributed by atoms with Crippen molar-refractivity contribution in [3.63, 3.8) is 0 Å². The van der Waals surface area contributed by atoms with E-state index in [0.29, 0.717) is 34.5 Å². The maximum absolute atomic E-state index is 12.6. The number of carbonyl (C=O) groups excluding carboxylic acids is 1. The summed E-state index contributed by atoms with van der Waals surface area (Å²) in [6, 6.07) is 1.01. The molecule has 0 saturated carbocycles. The summed E-state index contributed by atoms with van der Waals surface area (Å²) < 4.78 is 41.2. The van der Waals surface area contributed by atoms with Gasteiger partial charge in [-0.05, 0) is 42.3 Å². The van der Waals surface area contributed by atoms with E-state index >= 15 is 0 Å². The summed E-state index contributed by atoms with van der Waals surface area (Å²) in [5, 5.41) is 10.4. The Hall–Kier alpha value is -1.84. The van der Waals surface area contributed by atoms with Crippen LogP contribution >= 0.6 is 15.9 Å². The van der Waals surface area contributed by atoms with Crippen molar-refractivity contribution in [2.24, 2.45) is 7.05 Å². The van der Waals surface area contributed by atoms with Crippen LogP contribution in [0.5, 0.6) is 0 Å². The van der Waals surface area contributed by atoms with Gasteiger partial charge >= 0.3 is 6.18 Å². The second-order valence-corrected chi connectivity index (χ2v) is 6.17. The molecule has 132 valence electrons.